The van der Waals surface area contributed by atoms with Gasteiger partial charge in [-0.25, -0.2) is 0 Å². The molecular weight excluding hydrogens is 297 g/mol. The van der Waals surface area contributed by atoms with Crippen molar-refractivity contribution in [1.82, 2.24) is 10.2 Å². The molecule has 20 heavy (non-hydrogen) atoms. The van der Waals surface area contributed by atoms with Crippen LogP contribution in [0.3, 0.4) is 0 Å². The summed E-state index contributed by atoms with van der Waals surface area (Å²) in [5.74, 6) is -0.312. The van der Waals surface area contributed by atoms with Crippen LogP contribution in [-0.2, 0) is 4.79 Å². The van der Waals surface area contributed by atoms with Crippen molar-refractivity contribution in [3.05, 3.63) is 0 Å². The van der Waals surface area contributed by atoms with E-state index in [1.807, 2.05) is 6.92 Å². The first-order chi connectivity index (χ1) is 8.74. The summed E-state index contributed by atoms with van der Waals surface area (Å²) >= 11 is 0. The Bertz CT molecular complexity index is 372. The van der Waals surface area contributed by atoms with Gasteiger partial charge >= 0.3 is 6.18 Å². The van der Waals surface area contributed by atoms with Gasteiger partial charge in [0.1, 0.15) is 0 Å². The molecule has 2 saturated heterocycles. The van der Waals surface area contributed by atoms with E-state index in [9.17, 15) is 23.1 Å². The van der Waals surface area contributed by atoms with E-state index in [0.717, 1.165) is 11.3 Å². The first kappa shape index (κ1) is 17.5. The van der Waals surface area contributed by atoms with Crippen LogP contribution in [0, 0.1) is 0 Å². The van der Waals surface area contributed by atoms with Crippen molar-refractivity contribution in [2.24, 2.45) is 0 Å². The second-order valence-corrected chi connectivity index (χ2v) is 5.47. The lowest BCUT2D eigenvalue weighted by Gasteiger charge is -2.33. The molecule has 0 bridgehead atoms. The SMILES string of the molecule is CCC1(C(=O)N2CCC(O)(C(F)(F)F)C2)CCCN1.Cl. The molecule has 2 rings (SSSR count). The zero-order chi connectivity index (χ0) is 14.3. The molecule has 2 N–H and O–H groups in total. The van der Waals surface area contributed by atoms with E-state index in [4.69, 9.17) is 0 Å². The Morgan fingerprint density at radius 1 is 1.40 bits per heavy atom. The molecule has 0 spiro atoms. The van der Waals surface area contributed by atoms with Gasteiger partial charge in [-0.3, -0.25) is 4.79 Å². The van der Waals surface area contributed by atoms with Crippen LogP contribution < -0.4 is 5.32 Å². The predicted octanol–water partition coefficient (Wildman–Crippen LogP) is 1.47. The van der Waals surface area contributed by atoms with Crippen LogP contribution >= 0.6 is 12.4 Å². The molecule has 2 aliphatic heterocycles. The number of nitrogens with one attached hydrogen (secondary N) is 1. The molecule has 2 atom stereocenters. The number of likely N-dealkylation sites (tertiary alicyclic amines) is 1. The highest BCUT2D eigenvalue weighted by Crippen LogP contribution is 2.39. The number of aliphatic hydroxyl groups is 1. The molecule has 4 nitrogen and oxygen atoms in total. The van der Waals surface area contributed by atoms with E-state index in [1.165, 1.54) is 0 Å². The maximum absolute atomic E-state index is 12.7. The third kappa shape index (κ3) is 2.76. The minimum absolute atomic E-state index is 0. The van der Waals surface area contributed by atoms with Crippen molar-refractivity contribution in [2.45, 2.75) is 49.9 Å². The molecule has 2 fully saturated rings. The molecule has 0 aromatic heterocycles. The molecule has 2 aliphatic rings. The average Bonchev–Trinajstić information content (AvgIpc) is 2.95. The van der Waals surface area contributed by atoms with Gasteiger partial charge in [-0.05, 0) is 25.8 Å². The van der Waals surface area contributed by atoms with Gasteiger partial charge in [0, 0.05) is 13.0 Å². The van der Waals surface area contributed by atoms with Crippen LogP contribution in [0.2, 0.25) is 0 Å². The number of hydrogen-bond acceptors (Lipinski definition) is 3. The number of carbonyl (C=O) groups is 1. The first-order valence-electron chi connectivity index (χ1n) is 6.58. The molecule has 2 unspecified atom stereocenters. The van der Waals surface area contributed by atoms with Crippen molar-refractivity contribution >= 4 is 18.3 Å². The third-order valence-electron chi connectivity index (χ3n) is 4.32. The zero-order valence-electron chi connectivity index (χ0n) is 11.3. The van der Waals surface area contributed by atoms with Crippen molar-refractivity contribution in [3.8, 4) is 0 Å². The number of β-amino-alcohol motifs (C(OH)–C–C–N with tert-alkyl or cyclic N) is 1. The van der Waals surface area contributed by atoms with Gasteiger partial charge in [-0.2, -0.15) is 13.2 Å². The van der Waals surface area contributed by atoms with Crippen LogP contribution in [0.15, 0.2) is 0 Å². The third-order valence-corrected chi connectivity index (χ3v) is 4.32. The molecule has 0 saturated carbocycles. The summed E-state index contributed by atoms with van der Waals surface area (Å²) in [4.78, 5) is 13.5. The smallest absolute Gasteiger partial charge is 0.379 e. The van der Waals surface area contributed by atoms with Gasteiger partial charge in [0.15, 0.2) is 5.60 Å². The summed E-state index contributed by atoms with van der Waals surface area (Å²) in [6.45, 7) is 1.86. The Balaban J connectivity index is 0.00000200. The summed E-state index contributed by atoms with van der Waals surface area (Å²) in [5, 5.41) is 12.7. The molecule has 0 aromatic rings. The van der Waals surface area contributed by atoms with E-state index < -0.39 is 30.3 Å². The highest BCUT2D eigenvalue weighted by atomic mass is 35.5. The Kier molecular flexibility index (Phi) is 4.99. The van der Waals surface area contributed by atoms with Crippen LogP contribution in [0.1, 0.15) is 32.6 Å². The summed E-state index contributed by atoms with van der Waals surface area (Å²) in [7, 11) is 0. The van der Waals surface area contributed by atoms with Crippen molar-refractivity contribution in [2.75, 3.05) is 19.6 Å². The maximum atomic E-state index is 12.7. The maximum Gasteiger partial charge on any atom is 0.419 e. The van der Waals surface area contributed by atoms with Crippen LogP contribution in [0.25, 0.3) is 0 Å². The van der Waals surface area contributed by atoms with E-state index in [0.29, 0.717) is 19.4 Å². The Hall–Kier alpha value is -0.530. The Morgan fingerprint density at radius 3 is 2.45 bits per heavy atom. The van der Waals surface area contributed by atoms with Crippen LogP contribution in [0.4, 0.5) is 13.2 Å². The van der Waals surface area contributed by atoms with E-state index in [2.05, 4.69) is 5.32 Å². The number of amides is 1. The van der Waals surface area contributed by atoms with Gasteiger partial charge < -0.3 is 15.3 Å². The normalized spacial score (nSPS) is 34.1. The lowest BCUT2D eigenvalue weighted by atomic mass is 9.92. The largest absolute Gasteiger partial charge is 0.419 e. The summed E-state index contributed by atoms with van der Waals surface area (Å²) in [6.07, 6.45) is -3.10. The lowest BCUT2D eigenvalue weighted by molar-refractivity contribution is -0.253. The molecule has 2 heterocycles. The topological polar surface area (TPSA) is 52.6 Å². The fraction of sp³-hybridized carbons (Fsp3) is 0.917. The molecule has 1 amide bonds. The van der Waals surface area contributed by atoms with E-state index in [1.54, 1.807) is 0 Å². The zero-order valence-corrected chi connectivity index (χ0v) is 12.1. The fourth-order valence-electron chi connectivity index (χ4n) is 2.94. The highest BCUT2D eigenvalue weighted by Gasteiger charge is 2.59. The van der Waals surface area contributed by atoms with Gasteiger partial charge in [0.2, 0.25) is 5.91 Å². The minimum Gasteiger partial charge on any atom is -0.379 e. The lowest BCUT2D eigenvalue weighted by Crippen LogP contribution is -2.56. The molecule has 0 radical (unpaired) electrons. The Morgan fingerprint density at radius 2 is 2.05 bits per heavy atom. The molecule has 0 aliphatic carbocycles. The van der Waals surface area contributed by atoms with Crippen molar-refractivity contribution in [3.63, 3.8) is 0 Å². The van der Waals surface area contributed by atoms with Gasteiger partial charge in [-0.15, -0.1) is 12.4 Å². The van der Waals surface area contributed by atoms with E-state index >= 15 is 0 Å². The van der Waals surface area contributed by atoms with E-state index in [-0.39, 0.29) is 24.9 Å². The van der Waals surface area contributed by atoms with Crippen molar-refractivity contribution < 1.29 is 23.1 Å². The molecular formula is C12H20ClF3N2O2. The number of carbonyl (C=O) groups excluding carboxylic acids is 1. The fourth-order valence-corrected chi connectivity index (χ4v) is 2.94. The molecule has 118 valence electrons. The highest BCUT2D eigenvalue weighted by molar-refractivity contribution is 5.87. The van der Waals surface area contributed by atoms with Gasteiger partial charge in [0.05, 0.1) is 12.1 Å². The number of halogens is 4. The molecule has 8 heteroatoms. The summed E-state index contributed by atoms with van der Waals surface area (Å²) in [5.41, 5.74) is -3.49. The quantitative estimate of drug-likeness (QED) is 0.811. The first-order valence-corrected chi connectivity index (χ1v) is 6.58. The summed E-state index contributed by atoms with van der Waals surface area (Å²) < 4.78 is 38.2. The minimum atomic E-state index is -4.69. The average molecular weight is 317 g/mol. The summed E-state index contributed by atoms with van der Waals surface area (Å²) in [6, 6.07) is 0. The second kappa shape index (κ2) is 5.69. The van der Waals surface area contributed by atoms with Gasteiger partial charge in [0.25, 0.3) is 0 Å². The van der Waals surface area contributed by atoms with Crippen molar-refractivity contribution in [1.29, 1.82) is 0 Å². The predicted molar refractivity (Wildman–Crippen MR) is 69.7 cm³/mol. The second-order valence-electron chi connectivity index (χ2n) is 5.47. The number of nitrogens with zero attached hydrogens (tertiary/aromatic N) is 1. The van der Waals surface area contributed by atoms with Gasteiger partial charge in [-0.1, -0.05) is 6.92 Å². The number of rotatable bonds is 2. The Labute approximate surface area is 122 Å². The number of hydrogen-bond donors (Lipinski definition) is 2. The van der Waals surface area contributed by atoms with Crippen LogP contribution in [-0.4, -0.2) is 52.9 Å². The van der Waals surface area contributed by atoms with Crippen LogP contribution in [0.5, 0.6) is 0 Å². The molecule has 0 aromatic carbocycles. The standard InChI is InChI=1S/C12H19F3N2O2.ClH/c1-2-10(4-3-6-16-10)9(18)17-7-5-11(19,8-17)12(13,14)15;/h16,19H,2-8H2,1H3;1H. The monoisotopic (exact) mass is 316 g/mol. The number of alkyl halides is 3.